The fourth-order valence-corrected chi connectivity index (χ4v) is 10.5. The zero-order chi connectivity index (χ0) is 51.0. The van der Waals surface area contributed by atoms with Gasteiger partial charge in [0.15, 0.2) is 0 Å². The molecule has 2 heterocycles. The standard InChI is InChI=1S/C66H59Cl2N3O2/c1-64(2,3)42-21-27-46(28-22-42)69(51-34-36-61-56(40-51)54-18-11-13-20-60(54)72-61)49-15-14-16-50(39-49)70(47-29-23-43(24-30-47)65(4,5)6)57-37-45(67)38-58(63(57)68)71(48-31-25-44(26-32-48)66(7,8)9)52-33-35-55-53-17-10-12-19-59(53)73-62(55)41-52/h10-41H,1-9H3. The van der Waals surface area contributed by atoms with Crippen molar-refractivity contribution in [3.63, 3.8) is 0 Å². The zero-order valence-corrected chi connectivity index (χ0v) is 44.4. The van der Waals surface area contributed by atoms with Gasteiger partial charge in [-0.05, 0) is 142 Å². The number of nitrogens with zero attached hydrogens (tertiary/aromatic N) is 3. The molecule has 11 rings (SSSR count). The average molecular weight is 997 g/mol. The first-order valence-electron chi connectivity index (χ1n) is 25.0. The van der Waals surface area contributed by atoms with E-state index in [2.05, 4.69) is 229 Å². The van der Waals surface area contributed by atoms with E-state index in [1.54, 1.807) is 0 Å². The van der Waals surface area contributed by atoms with Gasteiger partial charge >= 0.3 is 0 Å². The molecule has 0 unspecified atom stereocenters. The molecule has 0 amide bonds. The van der Waals surface area contributed by atoms with Gasteiger partial charge in [-0.25, -0.2) is 0 Å². The van der Waals surface area contributed by atoms with Gasteiger partial charge in [0.05, 0.1) is 16.4 Å². The van der Waals surface area contributed by atoms with Crippen LogP contribution in [0.2, 0.25) is 10.0 Å². The van der Waals surface area contributed by atoms with Crippen LogP contribution in [0.15, 0.2) is 203 Å². The smallest absolute Gasteiger partial charge is 0.137 e. The molecule has 7 heteroatoms. The SMILES string of the molecule is CC(C)(C)c1ccc(N(c2cccc(N(c3ccc(C(C)(C)C)cc3)c3cc(Cl)cc(N(c4ccc(C(C)(C)C)cc4)c4ccc5c(c4)oc4ccccc45)c3Cl)c2)c2ccc3oc4ccccc4c3c2)cc1. The highest BCUT2D eigenvalue weighted by molar-refractivity contribution is 6.38. The average Bonchev–Trinajstić information content (AvgIpc) is 3.93. The summed E-state index contributed by atoms with van der Waals surface area (Å²) in [5.41, 5.74) is 15.0. The van der Waals surface area contributed by atoms with Crippen molar-refractivity contribution < 1.29 is 8.83 Å². The van der Waals surface area contributed by atoms with E-state index in [1.165, 1.54) is 16.7 Å². The van der Waals surface area contributed by atoms with Crippen molar-refractivity contribution in [1.82, 2.24) is 0 Å². The fraction of sp³-hybridized carbons (Fsp3) is 0.182. The summed E-state index contributed by atoms with van der Waals surface area (Å²) in [5, 5.41) is 5.29. The lowest BCUT2D eigenvalue weighted by Crippen LogP contribution is -2.17. The molecule has 0 spiro atoms. The molecular weight excluding hydrogens is 938 g/mol. The number of benzene rings is 9. The number of hydrogen-bond acceptors (Lipinski definition) is 5. The van der Waals surface area contributed by atoms with E-state index >= 15 is 0 Å². The van der Waals surface area contributed by atoms with Crippen LogP contribution >= 0.6 is 23.2 Å². The van der Waals surface area contributed by atoms with Crippen molar-refractivity contribution in [2.24, 2.45) is 0 Å². The molecule has 2 aromatic heterocycles. The molecule has 0 aliphatic rings. The molecule has 5 nitrogen and oxygen atoms in total. The van der Waals surface area contributed by atoms with Crippen LogP contribution in [0.3, 0.4) is 0 Å². The lowest BCUT2D eigenvalue weighted by molar-refractivity contribution is 0.590. The summed E-state index contributed by atoms with van der Waals surface area (Å²) in [4.78, 5) is 6.73. The largest absolute Gasteiger partial charge is 0.456 e. The lowest BCUT2D eigenvalue weighted by atomic mass is 9.87. The molecule has 73 heavy (non-hydrogen) atoms. The van der Waals surface area contributed by atoms with Crippen LogP contribution in [0.4, 0.5) is 51.2 Å². The highest BCUT2D eigenvalue weighted by atomic mass is 35.5. The molecule has 0 saturated heterocycles. The second-order valence-electron chi connectivity index (χ2n) is 22.2. The first-order valence-corrected chi connectivity index (χ1v) is 25.8. The van der Waals surface area contributed by atoms with E-state index in [1.807, 2.05) is 42.5 Å². The third-order valence-electron chi connectivity index (χ3n) is 14.0. The maximum Gasteiger partial charge on any atom is 0.137 e. The molecule has 364 valence electrons. The zero-order valence-electron chi connectivity index (χ0n) is 42.9. The molecule has 11 aromatic rings. The van der Waals surface area contributed by atoms with Crippen LogP contribution in [0.1, 0.15) is 79.0 Å². The van der Waals surface area contributed by atoms with Crippen LogP contribution < -0.4 is 14.7 Å². The summed E-state index contributed by atoms with van der Waals surface area (Å²) in [6.45, 7) is 20.1. The Morgan fingerprint density at radius 2 is 0.671 bits per heavy atom. The Morgan fingerprint density at radius 3 is 1.18 bits per heavy atom. The van der Waals surface area contributed by atoms with Gasteiger partial charge in [-0.2, -0.15) is 0 Å². The molecule has 0 aliphatic carbocycles. The van der Waals surface area contributed by atoms with Crippen molar-refractivity contribution in [3.8, 4) is 0 Å². The number of furan rings is 2. The highest BCUT2D eigenvalue weighted by Crippen LogP contribution is 2.50. The minimum atomic E-state index is -0.0570. The Balaban J connectivity index is 1.11. The number of fused-ring (bicyclic) bond motifs is 6. The van der Waals surface area contributed by atoms with Gasteiger partial charge in [-0.1, -0.05) is 164 Å². The van der Waals surface area contributed by atoms with Crippen LogP contribution in [0, 0.1) is 0 Å². The number of anilines is 9. The molecule has 0 saturated carbocycles. The summed E-state index contributed by atoms with van der Waals surface area (Å²) in [6, 6.07) is 68.3. The topological polar surface area (TPSA) is 36.0 Å². The van der Waals surface area contributed by atoms with Crippen molar-refractivity contribution in [3.05, 3.63) is 221 Å². The number of hydrogen-bond donors (Lipinski definition) is 0. The Kier molecular flexibility index (Phi) is 12.0. The van der Waals surface area contributed by atoms with Gasteiger partial charge in [0.1, 0.15) is 22.3 Å². The maximum atomic E-state index is 8.01. The summed E-state index contributed by atoms with van der Waals surface area (Å²) in [5.74, 6) is 0. The predicted molar refractivity (Wildman–Crippen MR) is 311 cm³/mol. The van der Waals surface area contributed by atoms with Crippen LogP contribution in [0.25, 0.3) is 43.9 Å². The molecule has 0 radical (unpaired) electrons. The first-order chi connectivity index (χ1) is 34.9. The fourth-order valence-electron chi connectivity index (χ4n) is 10.00. The molecular formula is C66H59Cl2N3O2. The predicted octanol–water partition coefficient (Wildman–Crippen LogP) is 21.1. The van der Waals surface area contributed by atoms with Crippen molar-refractivity contribution in [2.75, 3.05) is 14.7 Å². The number of para-hydroxylation sites is 2. The maximum absolute atomic E-state index is 8.01. The van der Waals surface area contributed by atoms with Gasteiger partial charge in [0.2, 0.25) is 0 Å². The van der Waals surface area contributed by atoms with Crippen molar-refractivity contribution >= 4 is 118 Å². The normalized spacial score (nSPS) is 12.3. The van der Waals surface area contributed by atoms with E-state index in [9.17, 15) is 0 Å². The minimum Gasteiger partial charge on any atom is -0.456 e. The summed E-state index contributed by atoms with van der Waals surface area (Å²) in [6.07, 6.45) is 0. The van der Waals surface area contributed by atoms with E-state index in [4.69, 9.17) is 32.0 Å². The third-order valence-corrected chi connectivity index (χ3v) is 14.6. The summed E-state index contributed by atoms with van der Waals surface area (Å²) >= 11 is 15.4. The van der Waals surface area contributed by atoms with Gasteiger partial charge in [-0.15, -0.1) is 0 Å². The summed E-state index contributed by atoms with van der Waals surface area (Å²) < 4.78 is 12.8. The van der Waals surface area contributed by atoms with Gasteiger partial charge in [0, 0.05) is 72.4 Å². The second kappa shape index (κ2) is 18.2. The molecule has 0 atom stereocenters. The Bertz CT molecular complexity index is 3830. The second-order valence-corrected chi connectivity index (χ2v) is 23.0. The van der Waals surface area contributed by atoms with Gasteiger partial charge in [0.25, 0.3) is 0 Å². The van der Waals surface area contributed by atoms with Crippen LogP contribution in [0.5, 0.6) is 0 Å². The Hall–Kier alpha value is -7.44. The first kappa shape index (κ1) is 47.9. The van der Waals surface area contributed by atoms with E-state index in [0.29, 0.717) is 10.0 Å². The monoisotopic (exact) mass is 995 g/mol. The molecule has 0 N–H and O–H groups in total. The number of rotatable bonds is 9. The number of halogens is 2. The van der Waals surface area contributed by atoms with Crippen molar-refractivity contribution in [1.29, 1.82) is 0 Å². The third kappa shape index (κ3) is 9.11. The molecule has 9 aromatic carbocycles. The Morgan fingerprint density at radius 1 is 0.301 bits per heavy atom. The minimum absolute atomic E-state index is 0.0123. The lowest BCUT2D eigenvalue weighted by Gasteiger charge is -2.33. The van der Waals surface area contributed by atoms with Crippen molar-refractivity contribution in [2.45, 2.75) is 78.6 Å². The quantitative estimate of drug-likeness (QED) is 0.144. The van der Waals surface area contributed by atoms with E-state index in [0.717, 1.165) is 95.1 Å². The highest BCUT2D eigenvalue weighted by Gasteiger charge is 2.27. The van der Waals surface area contributed by atoms with Crippen LogP contribution in [-0.2, 0) is 16.2 Å². The van der Waals surface area contributed by atoms with Gasteiger partial charge in [-0.3, -0.25) is 0 Å². The van der Waals surface area contributed by atoms with E-state index < -0.39 is 0 Å². The van der Waals surface area contributed by atoms with E-state index in [-0.39, 0.29) is 16.2 Å². The molecule has 0 aliphatic heterocycles. The molecule has 0 bridgehead atoms. The molecule has 0 fully saturated rings. The Labute approximate surface area is 438 Å². The van der Waals surface area contributed by atoms with Gasteiger partial charge < -0.3 is 23.5 Å². The van der Waals surface area contributed by atoms with Crippen LogP contribution in [-0.4, -0.2) is 0 Å². The summed E-state index contributed by atoms with van der Waals surface area (Å²) in [7, 11) is 0.